The van der Waals surface area contributed by atoms with Gasteiger partial charge < -0.3 is 10.3 Å². The summed E-state index contributed by atoms with van der Waals surface area (Å²) in [5.74, 6) is 0. The molecule has 0 fully saturated rings. The molecule has 0 saturated carbocycles. The molecular formula is C16H20N2O. The Bertz CT molecular complexity index is 652. The summed E-state index contributed by atoms with van der Waals surface area (Å²) in [5.41, 5.74) is 11.0. The fourth-order valence-electron chi connectivity index (χ4n) is 2.24. The molecule has 1 aromatic carbocycles. The van der Waals surface area contributed by atoms with Crippen molar-refractivity contribution in [1.29, 1.82) is 0 Å². The Morgan fingerprint density at radius 3 is 2.26 bits per heavy atom. The number of pyridine rings is 1. The molecule has 0 aliphatic carbocycles. The normalized spacial score (nSPS) is 12.5. The van der Waals surface area contributed by atoms with Crippen molar-refractivity contribution in [1.82, 2.24) is 4.57 Å². The summed E-state index contributed by atoms with van der Waals surface area (Å²) in [4.78, 5) is 11.9. The van der Waals surface area contributed by atoms with Gasteiger partial charge in [0.15, 0.2) is 0 Å². The van der Waals surface area contributed by atoms with Crippen molar-refractivity contribution in [2.24, 2.45) is 12.8 Å². The lowest BCUT2D eigenvalue weighted by molar-refractivity contribution is 0.810. The lowest BCUT2D eigenvalue weighted by atomic mass is 9.99. The van der Waals surface area contributed by atoms with E-state index in [4.69, 9.17) is 5.73 Å². The number of hydrogen-bond acceptors (Lipinski definition) is 2. The van der Waals surface area contributed by atoms with Gasteiger partial charge in [-0.25, -0.2) is 0 Å². The molecule has 1 atom stereocenters. The minimum atomic E-state index is 0.0389. The summed E-state index contributed by atoms with van der Waals surface area (Å²) in [6.07, 6.45) is 0. The van der Waals surface area contributed by atoms with Crippen LogP contribution in [0.4, 0.5) is 0 Å². The quantitative estimate of drug-likeness (QED) is 0.898. The predicted molar refractivity (Wildman–Crippen MR) is 79.2 cm³/mol. The molecule has 0 amide bonds. The monoisotopic (exact) mass is 256 g/mol. The summed E-state index contributed by atoms with van der Waals surface area (Å²) in [6, 6.07) is 10.2. The minimum absolute atomic E-state index is 0.0389. The standard InChI is InChI=1S/C16H20N2O/c1-10-9-15(12(3)18(4)16(10)19)14-7-5-13(6-8-14)11(2)17/h5-9,11H,17H2,1-4H3/t11-/m0/s1. The van der Waals surface area contributed by atoms with Crippen LogP contribution in [-0.2, 0) is 7.05 Å². The number of aryl methyl sites for hydroxylation is 1. The van der Waals surface area contributed by atoms with E-state index in [0.29, 0.717) is 0 Å². The van der Waals surface area contributed by atoms with Gasteiger partial charge in [0.1, 0.15) is 0 Å². The first kappa shape index (κ1) is 13.6. The van der Waals surface area contributed by atoms with E-state index < -0.39 is 0 Å². The van der Waals surface area contributed by atoms with Crippen LogP contribution in [0.3, 0.4) is 0 Å². The molecule has 2 rings (SSSR count). The van der Waals surface area contributed by atoms with Crippen LogP contribution >= 0.6 is 0 Å². The van der Waals surface area contributed by atoms with Crippen molar-refractivity contribution < 1.29 is 0 Å². The predicted octanol–water partition coefficient (Wildman–Crippen LogP) is 2.69. The highest BCUT2D eigenvalue weighted by Gasteiger charge is 2.09. The molecule has 0 unspecified atom stereocenters. The molecule has 0 bridgehead atoms. The van der Waals surface area contributed by atoms with Crippen molar-refractivity contribution in [2.75, 3.05) is 0 Å². The topological polar surface area (TPSA) is 48.0 Å². The number of hydrogen-bond donors (Lipinski definition) is 1. The van der Waals surface area contributed by atoms with E-state index in [1.165, 1.54) is 0 Å². The number of benzene rings is 1. The van der Waals surface area contributed by atoms with E-state index in [1.807, 2.05) is 46.0 Å². The van der Waals surface area contributed by atoms with E-state index >= 15 is 0 Å². The second-order valence-electron chi connectivity index (χ2n) is 5.10. The van der Waals surface area contributed by atoms with Crippen molar-refractivity contribution in [3.05, 3.63) is 57.5 Å². The number of nitrogens with zero attached hydrogens (tertiary/aromatic N) is 1. The SMILES string of the molecule is Cc1cc(-c2ccc([C@H](C)N)cc2)c(C)n(C)c1=O. The molecule has 2 N–H and O–H groups in total. The zero-order valence-corrected chi connectivity index (χ0v) is 11.9. The Hall–Kier alpha value is -1.87. The highest BCUT2D eigenvalue weighted by Crippen LogP contribution is 2.24. The lowest BCUT2D eigenvalue weighted by Crippen LogP contribution is -2.21. The Morgan fingerprint density at radius 1 is 1.16 bits per heavy atom. The van der Waals surface area contributed by atoms with E-state index in [1.54, 1.807) is 4.57 Å². The summed E-state index contributed by atoms with van der Waals surface area (Å²) in [5, 5.41) is 0. The zero-order chi connectivity index (χ0) is 14.2. The van der Waals surface area contributed by atoms with E-state index in [-0.39, 0.29) is 11.6 Å². The molecule has 3 nitrogen and oxygen atoms in total. The van der Waals surface area contributed by atoms with E-state index in [2.05, 4.69) is 12.1 Å². The Morgan fingerprint density at radius 2 is 1.74 bits per heavy atom. The summed E-state index contributed by atoms with van der Waals surface area (Å²) < 4.78 is 1.70. The van der Waals surface area contributed by atoms with Gasteiger partial charge in [-0.15, -0.1) is 0 Å². The Balaban J connectivity index is 2.56. The summed E-state index contributed by atoms with van der Waals surface area (Å²) >= 11 is 0. The van der Waals surface area contributed by atoms with Gasteiger partial charge in [0, 0.05) is 29.9 Å². The fourth-order valence-corrected chi connectivity index (χ4v) is 2.24. The van der Waals surface area contributed by atoms with Crippen molar-refractivity contribution >= 4 is 0 Å². The second-order valence-corrected chi connectivity index (χ2v) is 5.10. The average Bonchev–Trinajstić information content (AvgIpc) is 2.40. The maximum absolute atomic E-state index is 11.9. The first-order chi connectivity index (χ1) is 8.91. The van der Waals surface area contributed by atoms with Gasteiger partial charge in [-0.3, -0.25) is 4.79 Å². The molecule has 19 heavy (non-hydrogen) atoms. The number of aromatic nitrogens is 1. The highest BCUT2D eigenvalue weighted by atomic mass is 16.1. The molecule has 100 valence electrons. The van der Waals surface area contributed by atoms with Gasteiger partial charge in [0.25, 0.3) is 5.56 Å². The zero-order valence-electron chi connectivity index (χ0n) is 11.9. The molecule has 2 aromatic rings. The van der Waals surface area contributed by atoms with Crippen molar-refractivity contribution in [3.8, 4) is 11.1 Å². The van der Waals surface area contributed by atoms with Gasteiger partial charge in [-0.1, -0.05) is 24.3 Å². The molecule has 0 aliphatic heterocycles. The van der Waals surface area contributed by atoms with Crippen LogP contribution in [-0.4, -0.2) is 4.57 Å². The average molecular weight is 256 g/mol. The first-order valence-corrected chi connectivity index (χ1v) is 6.45. The third-order valence-corrected chi connectivity index (χ3v) is 3.64. The van der Waals surface area contributed by atoms with Gasteiger partial charge in [0.2, 0.25) is 0 Å². The van der Waals surface area contributed by atoms with Crippen LogP contribution in [0, 0.1) is 13.8 Å². The molecule has 0 radical (unpaired) electrons. The Labute approximate surface area is 113 Å². The Kier molecular flexibility index (Phi) is 3.58. The van der Waals surface area contributed by atoms with Crippen LogP contribution < -0.4 is 11.3 Å². The third-order valence-electron chi connectivity index (χ3n) is 3.64. The molecular weight excluding hydrogens is 236 g/mol. The largest absolute Gasteiger partial charge is 0.324 e. The molecule has 1 aromatic heterocycles. The van der Waals surface area contributed by atoms with E-state index in [9.17, 15) is 4.79 Å². The number of rotatable bonds is 2. The van der Waals surface area contributed by atoms with Gasteiger partial charge in [-0.2, -0.15) is 0 Å². The first-order valence-electron chi connectivity index (χ1n) is 6.45. The van der Waals surface area contributed by atoms with Crippen LogP contribution in [0.5, 0.6) is 0 Å². The van der Waals surface area contributed by atoms with Crippen LogP contribution in [0.25, 0.3) is 11.1 Å². The maximum Gasteiger partial charge on any atom is 0.253 e. The van der Waals surface area contributed by atoms with Gasteiger partial charge in [0.05, 0.1) is 0 Å². The number of nitrogens with two attached hydrogens (primary N) is 1. The fraction of sp³-hybridized carbons (Fsp3) is 0.312. The maximum atomic E-state index is 11.9. The van der Waals surface area contributed by atoms with Crippen LogP contribution in [0.1, 0.15) is 29.8 Å². The minimum Gasteiger partial charge on any atom is -0.324 e. The van der Waals surface area contributed by atoms with Gasteiger partial charge in [-0.05, 0) is 38.0 Å². The van der Waals surface area contributed by atoms with Crippen molar-refractivity contribution in [3.63, 3.8) is 0 Å². The molecule has 3 heteroatoms. The second kappa shape index (κ2) is 5.02. The summed E-state index contributed by atoms with van der Waals surface area (Å²) in [7, 11) is 1.81. The molecule has 0 saturated heterocycles. The third kappa shape index (κ3) is 2.47. The smallest absolute Gasteiger partial charge is 0.253 e. The summed E-state index contributed by atoms with van der Waals surface area (Å²) in [6.45, 7) is 5.79. The van der Waals surface area contributed by atoms with Gasteiger partial charge >= 0.3 is 0 Å². The van der Waals surface area contributed by atoms with Crippen LogP contribution in [0.15, 0.2) is 35.1 Å². The molecule has 0 aliphatic rings. The van der Waals surface area contributed by atoms with E-state index in [0.717, 1.165) is 27.9 Å². The molecule has 1 heterocycles. The van der Waals surface area contributed by atoms with Crippen molar-refractivity contribution in [2.45, 2.75) is 26.8 Å². The molecule has 0 spiro atoms. The van der Waals surface area contributed by atoms with Crippen LogP contribution in [0.2, 0.25) is 0 Å². The highest BCUT2D eigenvalue weighted by molar-refractivity contribution is 5.66. The lowest BCUT2D eigenvalue weighted by Gasteiger charge is -2.13.